The van der Waals surface area contributed by atoms with E-state index in [0.717, 1.165) is 18.0 Å². The van der Waals surface area contributed by atoms with Gasteiger partial charge in [-0.15, -0.1) is 0 Å². The maximum atomic E-state index is 13.6. The monoisotopic (exact) mass is 425 g/mol. The van der Waals surface area contributed by atoms with Gasteiger partial charge in [0.15, 0.2) is 0 Å². The SMILES string of the molecule is COc1ccc(OC)c(N2C(=O)C(c3ccc(F)cc3)=C(N3CCN(C)CC3)C2=O)c1. The zero-order chi connectivity index (χ0) is 22.1. The molecule has 7 nitrogen and oxygen atoms in total. The number of hydrogen-bond acceptors (Lipinski definition) is 6. The van der Waals surface area contributed by atoms with Crippen LogP contribution in [0.4, 0.5) is 10.1 Å². The van der Waals surface area contributed by atoms with Gasteiger partial charge in [0.05, 0.1) is 25.5 Å². The van der Waals surface area contributed by atoms with Crippen molar-refractivity contribution in [3.63, 3.8) is 0 Å². The molecular formula is C23H24FN3O4. The molecule has 0 aliphatic carbocycles. The first kappa shape index (κ1) is 20.9. The fraction of sp³-hybridized carbons (Fsp3) is 0.304. The molecular weight excluding hydrogens is 401 g/mol. The number of carbonyl (C=O) groups excluding carboxylic acids is 2. The Morgan fingerprint density at radius 2 is 1.55 bits per heavy atom. The molecule has 8 heteroatoms. The lowest BCUT2D eigenvalue weighted by Gasteiger charge is -2.34. The molecule has 4 rings (SSSR count). The third-order valence-electron chi connectivity index (χ3n) is 5.64. The van der Waals surface area contributed by atoms with Crippen molar-refractivity contribution in [3.05, 3.63) is 59.5 Å². The fourth-order valence-corrected chi connectivity index (χ4v) is 3.91. The number of benzene rings is 2. The highest BCUT2D eigenvalue weighted by Crippen LogP contribution is 2.40. The Hall–Kier alpha value is -3.39. The Kier molecular flexibility index (Phi) is 5.65. The summed E-state index contributed by atoms with van der Waals surface area (Å²) in [5.41, 5.74) is 1.40. The Labute approximate surface area is 180 Å². The van der Waals surface area contributed by atoms with E-state index in [1.54, 1.807) is 18.2 Å². The minimum atomic E-state index is -0.475. The lowest BCUT2D eigenvalue weighted by molar-refractivity contribution is -0.120. The van der Waals surface area contributed by atoms with Crippen LogP contribution in [0, 0.1) is 5.82 Å². The maximum absolute atomic E-state index is 13.6. The molecule has 2 aliphatic rings. The second-order valence-corrected chi connectivity index (χ2v) is 7.50. The first-order chi connectivity index (χ1) is 14.9. The summed E-state index contributed by atoms with van der Waals surface area (Å²) in [6.07, 6.45) is 0. The van der Waals surface area contributed by atoms with Crippen LogP contribution >= 0.6 is 0 Å². The Balaban J connectivity index is 1.84. The van der Waals surface area contributed by atoms with Crippen molar-refractivity contribution in [2.75, 3.05) is 52.3 Å². The Bertz CT molecular complexity index is 1040. The summed E-state index contributed by atoms with van der Waals surface area (Å²) in [7, 11) is 5.00. The van der Waals surface area contributed by atoms with Crippen LogP contribution in [-0.4, -0.2) is 69.1 Å². The summed E-state index contributed by atoms with van der Waals surface area (Å²) < 4.78 is 24.2. The average molecular weight is 425 g/mol. The van der Waals surface area contributed by atoms with Crippen LogP contribution < -0.4 is 14.4 Å². The number of methoxy groups -OCH3 is 2. The zero-order valence-corrected chi connectivity index (χ0v) is 17.7. The first-order valence-electron chi connectivity index (χ1n) is 9.99. The molecule has 0 spiro atoms. The molecule has 0 saturated carbocycles. The van der Waals surface area contributed by atoms with Gasteiger partial charge in [0.1, 0.15) is 23.0 Å². The van der Waals surface area contributed by atoms with Crippen molar-refractivity contribution in [2.45, 2.75) is 0 Å². The molecule has 0 N–H and O–H groups in total. The van der Waals surface area contributed by atoms with Crippen molar-refractivity contribution >= 4 is 23.1 Å². The molecule has 0 unspecified atom stereocenters. The molecule has 2 aliphatic heterocycles. The van der Waals surface area contributed by atoms with Gasteiger partial charge in [0, 0.05) is 32.2 Å². The molecule has 0 bridgehead atoms. The minimum absolute atomic E-state index is 0.263. The molecule has 0 atom stereocenters. The smallest absolute Gasteiger partial charge is 0.282 e. The van der Waals surface area contributed by atoms with E-state index in [-0.39, 0.29) is 5.57 Å². The summed E-state index contributed by atoms with van der Waals surface area (Å²) in [6, 6.07) is 10.6. The third kappa shape index (κ3) is 3.74. The fourth-order valence-electron chi connectivity index (χ4n) is 3.91. The van der Waals surface area contributed by atoms with E-state index in [2.05, 4.69) is 4.90 Å². The topological polar surface area (TPSA) is 62.3 Å². The number of hydrogen-bond donors (Lipinski definition) is 0. The summed E-state index contributed by atoms with van der Waals surface area (Å²) in [6.45, 7) is 2.76. The van der Waals surface area contributed by atoms with E-state index < -0.39 is 17.6 Å². The highest BCUT2D eigenvalue weighted by Gasteiger charge is 2.44. The van der Waals surface area contributed by atoms with Gasteiger partial charge in [0.25, 0.3) is 11.8 Å². The predicted molar refractivity (Wildman–Crippen MR) is 114 cm³/mol. The van der Waals surface area contributed by atoms with Crippen molar-refractivity contribution in [2.24, 2.45) is 0 Å². The number of nitrogens with zero attached hydrogens (tertiary/aromatic N) is 3. The summed E-state index contributed by atoms with van der Waals surface area (Å²) >= 11 is 0. The number of halogens is 1. The standard InChI is InChI=1S/C23H24FN3O4/c1-25-10-12-26(13-11-25)21-20(15-4-6-16(24)7-5-15)22(28)27(23(21)29)18-14-17(30-2)8-9-19(18)31-3/h4-9,14H,10-13H2,1-3H3. The zero-order valence-electron chi connectivity index (χ0n) is 17.7. The number of carbonyl (C=O) groups is 2. The van der Waals surface area contributed by atoms with Crippen LogP contribution in [0.1, 0.15) is 5.56 Å². The quantitative estimate of drug-likeness (QED) is 0.686. The summed E-state index contributed by atoms with van der Waals surface area (Å²) in [4.78, 5) is 32.5. The average Bonchev–Trinajstić information content (AvgIpc) is 3.04. The molecule has 2 heterocycles. The Morgan fingerprint density at radius 1 is 0.871 bits per heavy atom. The molecule has 2 amide bonds. The molecule has 162 valence electrons. The van der Waals surface area contributed by atoms with E-state index in [0.29, 0.717) is 41.5 Å². The highest BCUT2D eigenvalue weighted by molar-refractivity contribution is 6.45. The Morgan fingerprint density at radius 3 is 2.16 bits per heavy atom. The predicted octanol–water partition coefficient (Wildman–Crippen LogP) is 2.37. The van der Waals surface area contributed by atoms with E-state index in [9.17, 15) is 14.0 Å². The van der Waals surface area contributed by atoms with Gasteiger partial charge in [0.2, 0.25) is 0 Å². The van der Waals surface area contributed by atoms with Gasteiger partial charge in [-0.3, -0.25) is 9.59 Å². The molecule has 31 heavy (non-hydrogen) atoms. The van der Waals surface area contributed by atoms with Gasteiger partial charge >= 0.3 is 0 Å². The molecule has 1 saturated heterocycles. The summed E-state index contributed by atoms with van der Waals surface area (Å²) in [5.74, 6) is -0.445. The normalized spacial score (nSPS) is 17.5. The van der Waals surface area contributed by atoms with E-state index in [1.165, 1.54) is 38.5 Å². The van der Waals surface area contributed by atoms with Gasteiger partial charge in [-0.05, 0) is 36.9 Å². The number of ether oxygens (including phenoxy) is 2. The van der Waals surface area contributed by atoms with E-state index in [1.807, 2.05) is 11.9 Å². The van der Waals surface area contributed by atoms with Gasteiger partial charge in [-0.25, -0.2) is 9.29 Å². The van der Waals surface area contributed by atoms with Crippen molar-refractivity contribution in [1.29, 1.82) is 0 Å². The molecule has 2 aromatic rings. The van der Waals surface area contributed by atoms with Crippen LogP contribution in [0.3, 0.4) is 0 Å². The van der Waals surface area contributed by atoms with Crippen LogP contribution in [0.25, 0.3) is 5.57 Å². The van der Waals surface area contributed by atoms with Gasteiger partial charge in [-0.1, -0.05) is 12.1 Å². The number of likely N-dealkylation sites (N-methyl/N-ethyl adjacent to an activating group) is 1. The number of rotatable bonds is 5. The van der Waals surface area contributed by atoms with Gasteiger partial charge in [-0.2, -0.15) is 0 Å². The number of amides is 2. The number of anilines is 1. The third-order valence-corrected chi connectivity index (χ3v) is 5.64. The van der Waals surface area contributed by atoms with Crippen LogP contribution in [0.5, 0.6) is 11.5 Å². The molecule has 0 radical (unpaired) electrons. The van der Waals surface area contributed by atoms with Gasteiger partial charge < -0.3 is 19.3 Å². The van der Waals surface area contributed by atoms with Crippen molar-refractivity contribution in [1.82, 2.24) is 9.80 Å². The summed E-state index contributed by atoms with van der Waals surface area (Å²) in [5, 5.41) is 0. The van der Waals surface area contributed by atoms with Crippen LogP contribution in [-0.2, 0) is 9.59 Å². The van der Waals surface area contributed by atoms with E-state index in [4.69, 9.17) is 9.47 Å². The minimum Gasteiger partial charge on any atom is -0.497 e. The molecule has 1 fully saturated rings. The maximum Gasteiger partial charge on any atom is 0.282 e. The molecule has 2 aromatic carbocycles. The molecule has 0 aromatic heterocycles. The highest BCUT2D eigenvalue weighted by atomic mass is 19.1. The van der Waals surface area contributed by atoms with Crippen LogP contribution in [0.2, 0.25) is 0 Å². The first-order valence-corrected chi connectivity index (χ1v) is 9.99. The lowest BCUT2D eigenvalue weighted by atomic mass is 10.0. The number of imide groups is 1. The van der Waals surface area contributed by atoms with Crippen molar-refractivity contribution < 1.29 is 23.5 Å². The second-order valence-electron chi connectivity index (χ2n) is 7.50. The van der Waals surface area contributed by atoms with Crippen LogP contribution in [0.15, 0.2) is 48.2 Å². The van der Waals surface area contributed by atoms with E-state index >= 15 is 0 Å². The van der Waals surface area contributed by atoms with Crippen molar-refractivity contribution in [3.8, 4) is 11.5 Å². The lowest BCUT2D eigenvalue weighted by Crippen LogP contribution is -2.46. The number of piperazine rings is 1. The largest absolute Gasteiger partial charge is 0.497 e. The second kappa shape index (κ2) is 8.39.